The van der Waals surface area contributed by atoms with Crippen molar-refractivity contribution < 1.29 is 0 Å². The minimum Gasteiger partial charge on any atom is -0.297 e. The van der Waals surface area contributed by atoms with Crippen molar-refractivity contribution in [2.24, 2.45) is 5.92 Å². The molecule has 1 aromatic rings. The Morgan fingerprint density at radius 1 is 1.28 bits per heavy atom. The molecule has 0 amide bonds. The van der Waals surface area contributed by atoms with Crippen molar-refractivity contribution in [3.05, 3.63) is 33.4 Å². The molecule has 1 heterocycles. The molecule has 0 saturated carbocycles. The number of hydrogen-bond donors (Lipinski definition) is 0. The van der Waals surface area contributed by atoms with Gasteiger partial charge in [-0.1, -0.05) is 18.2 Å². The third kappa shape index (κ3) is 2.70. The summed E-state index contributed by atoms with van der Waals surface area (Å²) in [6, 6.07) is 10.9. The van der Waals surface area contributed by atoms with E-state index in [-0.39, 0.29) is 11.5 Å². The molecule has 2 atom stereocenters. The van der Waals surface area contributed by atoms with Gasteiger partial charge in [0, 0.05) is 28.1 Å². The third-order valence-electron chi connectivity index (χ3n) is 3.74. The van der Waals surface area contributed by atoms with Crippen LogP contribution in [-0.2, 0) is 0 Å². The number of halogens is 1. The lowest BCUT2D eigenvalue weighted by Crippen LogP contribution is -2.39. The summed E-state index contributed by atoms with van der Waals surface area (Å²) in [5, 5.41) is 9.39. The molecule has 0 aromatic heterocycles. The Morgan fingerprint density at radius 2 is 1.94 bits per heavy atom. The quantitative estimate of drug-likeness (QED) is 0.721. The highest BCUT2D eigenvalue weighted by Crippen LogP contribution is 2.37. The molecule has 1 saturated heterocycles. The highest BCUT2D eigenvalue weighted by molar-refractivity contribution is 14.1. The van der Waals surface area contributed by atoms with Crippen molar-refractivity contribution in [1.29, 1.82) is 5.26 Å². The molecule has 0 N–H and O–H groups in total. The zero-order chi connectivity index (χ0) is 13.3. The molecular weight excluding hydrogens is 335 g/mol. The van der Waals surface area contributed by atoms with E-state index in [4.69, 9.17) is 0 Å². The molecule has 0 unspecified atom stereocenters. The van der Waals surface area contributed by atoms with Crippen LogP contribution in [0.3, 0.4) is 0 Å². The first-order chi connectivity index (χ1) is 8.43. The fraction of sp³-hybridized carbons (Fsp3) is 0.533. The normalized spacial score (nSPS) is 25.1. The molecule has 0 aliphatic carbocycles. The Morgan fingerprint density at radius 3 is 2.50 bits per heavy atom. The van der Waals surface area contributed by atoms with Crippen LogP contribution < -0.4 is 0 Å². The fourth-order valence-corrected chi connectivity index (χ4v) is 3.36. The van der Waals surface area contributed by atoms with Crippen LogP contribution in [0.15, 0.2) is 24.3 Å². The molecule has 1 aliphatic heterocycles. The lowest BCUT2D eigenvalue weighted by atomic mass is 9.90. The standard InChI is InChI=1S/C15H19IN2/c1-15(2,3)18-9-11(8-17)13(10-18)12-6-4-5-7-14(12)16/h4-7,11,13H,9-10H2,1-3H3/t11-,13-/m1/s1. The molecule has 0 radical (unpaired) electrons. The summed E-state index contributed by atoms with van der Waals surface area (Å²) in [6.45, 7) is 8.54. The van der Waals surface area contributed by atoms with E-state index in [0.717, 1.165) is 13.1 Å². The van der Waals surface area contributed by atoms with Gasteiger partial charge in [0.2, 0.25) is 0 Å². The third-order valence-corrected chi connectivity index (χ3v) is 4.72. The second-order valence-corrected chi connectivity index (χ2v) is 7.10. The van der Waals surface area contributed by atoms with Gasteiger partial charge in [0.05, 0.1) is 12.0 Å². The van der Waals surface area contributed by atoms with Gasteiger partial charge < -0.3 is 0 Å². The molecule has 1 fully saturated rings. The summed E-state index contributed by atoms with van der Waals surface area (Å²) < 4.78 is 1.27. The summed E-state index contributed by atoms with van der Waals surface area (Å²) in [5.74, 6) is 0.461. The molecule has 3 heteroatoms. The van der Waals surface area contributed by atoms with Crippen molar-refractivity contribution in [2.75, 3.05) is 13.1 Å². The lowest BCUT2D eigenvalue weighted by molar-refractivity contribution is 0.170. The summed E-state index contributed by atoms with van der Waals surface area (Å²) in [4.78, 5) is 2.43. The number of rotatable bonds is 1. The molecular formula is C15H19IN2. The van der Waals surface area contributed by atoms with E-state index in [2.05, 4.69) is 78.6 Å². The predicted molar refractivity (Wildman–Crippen MR) is 82.3 cm³/mol. The highest BCUT2D eigenvalue weighted by atomic mass is 127. The van der Waals surface area contributed by atoms with Crippen LogP contribution in [0.4, 0.5) is 0 Å². The highest BCUT2D eigenvalue weighted by Gasteiger charge is 2.38. The smallest absolute Gasteiger partial charge is 0.0676 e. The van der Waals surface area contributed by atoms with Crippen molar-refractivity contribution in [3.63, 3.8) is 0 Å². The maximum absolute atomic E-state index is 9.39. The predicted octanol–water partition coefficient (Wildman–Crippen LogP) is 3.63. The largest absolute Gasteiger partial charge is 0.297 e. The van der Waals surface area contributed by atoms with Gasteiger partial charge in [-0.15, -0.1) is 0 Å². The van der Waals surface area contributed by atoms with E-state index in [1.165, 1.54) is 9.13 Å². The van der Waals surface area contributed by atoms with E-state index in [0.29, 0.717) is 5.92 Å². The molecule has 0 spiro atoms. The Hall–Kier alpha value is -0.600. The Bertz CT molecular complexity index is 470. The van der Waals surface area contributed by atoms with Crippen LogP contribution in [0, 0.1) is 20.8 Å². The number of benzene rings is 1. The maximum atomic E-state index is 9.39. The van der Waals surface area contributed by atoms with Gasteiger partial charge >= 0.3 is 0 Å². The maximum Gasteiger partial charge on any atom is 0.0676 e. The number of nitrogens with zero attached hydrogens (tertiary/aromatic N) is 2. The first-order valence-corrected chi connectivity index (χ1v) is 7.40. The van der Waals surface area contributed by atoms with Gasteiger partial charge in [-0.3, -0.25) is 4.90 Å². The van der Waals surface area contributed by atoms with Crippen LogP contribution in [0.2, 0.25) is 0 Å². The lowest BCUT2D eigenvalue weighted by Gasteiger charge is -2.31. The van der Waals surface area contributed by atoms with E-state index in [1.54, 1.807) is 0 Å². The van der Waals surface area contributed by atoms with Crippen LogP contribution in [0.1, 0.15) is 32.3 Å². The zero-order valence-electron chi connectivity index (χ0n) is 11.2. The molecule has 1 aliphatic rings. The van der Waals surface area contributed by atoms with Gasteiger partial charge in [0.15, 0.2) is 0 Å². The minimum atomic E-state index is 0.111. The second kappa shape index (κ2) is 5.18. The topological polar surface area (TPSA) is 27.0 Å². The van der Waals surface area contributed by atoms with Crippen LogP contribution in [0.25, 0.3) is 0 Å². The van der Waals surface area contributed by atoms with Crippen molar-refractivity contribution >= 4 is 22.6 Å². The first-order valence-electron chi connectivity index (χ1n) is 6.32. The summed E-state index contributed by atoms with van der Waals surface area (Å²) in [5.41, 5.74) is 1.47. The molecule has 2 nitrogen and oxygen atoms in total. The summed E-state index contributed by atoms with van der Waals surface area (Å²) in [7, 11) is 0. The number of nitriles is 1. The molecule has 2 rings (SSSR count). The van der Waals surface area contributed by atoms with E-state index in [9.17, 15) is 5.26 Å². The molecule has 1 aromatic carbocycles. The molecule has 0 bridgehead atoms. The van der Waals surface area contributed by atoms with Gasteiger partial charge in [-0.2, -0.15) is 5.26 Å². The van der Waals surface area contributed by atoms with Gasteiger partial charge in [0.1, 0.15) is 0 Å². The fourth-order valence-electron chi connectivity index (χ4n) is 2.57. The monoisotopic (exact) mass is 354 g/mol. The van der Waals surface area contributed by atoms with E-state index < -0.39 is 0 Å². The van der Waals surface area contributed by atoms with Crippen molar-refractivity contribution in [2.45, 2.75) is 32.2 Å². The zero-order valence-corrected chi connectivity index (χ0v) is 13.3. The average Bonchev–Trinajstić information content (AvgIpc) is 2.73. The first kappa shape index (κ1) is 13.8. The van der Waals surface area contributed by atoms with Gasteiger partial charge in [0.25, 0.3) is 0 Å². The average molecular weight is 354 g/mol. The summed E-state index contributed by atoms with van der Waals surface area (Å²) >= 11 is 2.38. The van der Waals surface area contributed by atoms with Crippen LogP contribution in [0.5, 0.6) is 0 Å². The number of hydrogen-bond acceptors (Lipinski definition) is 2. The molecule has 96 valence electrons. The number of likely N-dealkylation sites (tertiary alicyclic amines) is 1. The van der Waals surface area contributed by atoms with Crippen LogP contribution in [-0.4, -0.2) is 23.5 Å². The molecule has 18 heavy (non-hydrogen) atoms. The van der Waals surface area contributed by atoms with Crippen molar-refractivity contribution in [3.8, 4) is 6.07 Å². The van der Waals surface area contributed by atoms with Gasteiger partial charge in [-0.25, -0.2) is 0 Å². The Balaban J connectivity index is 2.29. The summed E-state index contributed by atoms with van der Waals surface area (Å²) in [6.07, 6.45) is 0. The second-order valence-electron chi connectivity index (χ2n) is 5.94. The van der Waals surface area contributed by atoms with Gasteiger partial charge in [-0.05, 0) is 55.0 Å². The Labute approximate surface area is 123 Å². The van der Waals surface area contributed by atoms with E-state index >= 15 is 0 Å². The minimum absolute atomic E-state index is 0.111. The van der Waals surface area contributed by atoms with Crippen LogP contribution >= 0.6 is 22.6 Å². The van der Waals surface area contributed by atoms with E-state index in [1.807, 2.05) is 0 Å². The van der Waals surface area contributed by atoms with Crippen molar-refractivity contribution in [1.82, 2.24) is 4.90 Å². The Kier molecular flexibility index (Phi) is 3.98. The SMILES string of the molecule is CC(C)(C)N1C[C@@H](C#N)[C@H](c2ccccc2I)C1.